The second-order valence-corrected chi connectivity index (χ2v) is 3.73. The second-order valence-electron chi connectivity index (χ2n) is 3.48. The Bertz CT molecular complexity index is 113. The zero-order valence-electron chi connectivity index (χ0n) is 6.76. The normalized spacial score (nSPS) is 16.1. The second kappa shape index (κ2) is 3.99. The molecule has 0 saturated carbocycles. The summed E-state index contributed by atoms with van der Waals surface area (Å²) in [6.07, 6.45) is 2.09. The fourth-order valence-corrected chi connectivity index (χ4v) is 0.637. The Kier molecular flexibility index (Phi) is 3.99. The van der Waals surface area contributed by atoms with Crippen molar-refractivity contribution in [3.8, 4) is 0 Å². The van der Waals surface area contributed by atoms with Gasteiger partial charge in [0, 0.05) is 5.54 Å². The lowest BCUT2D eigenvalue weighted by Gasteiger charge is -2.24. The van der Waals surface area contributed by atoms with Gasteiger partial charge in [0.2, 0.25) is 0 Å². The van der Waals surface area contributed by atoms with Crippen molar-refractivity contribution in [2.75, 3.05) is 0 Å². The molecule has 1 nitrogen and oxygen atoms in total. The summed E-state index contributed by atoms with van der Waals surface area (Å²) < 4.78 is 0. The van der Waals surface area contributed by atoms with Crippen LogP contribution in [0.5, 0.6) is 0 Å². The first-order valence-corrected chi connectivity index (χ1v) is 3.85. The van der Waals surface area contributed by atoms with E-state index < -0.39 is 0 Å². The molecule has 0 amide bonds. The fraction of sp³-hybridized carbons (Fsp3) is 0.750. The number of aliphatic hydroxyl groups is 1. The summed E-state index contributed by atoms with van der Waals surface area (Å²) in [6.45, 7) is 6.00. The third-order valence-electron chi connectivity index (χ3n) is 1.45. The van der Waals surface area contributed by atoms with E-state index in [1.807, 2.05) is 20.8 Å². The fourth-order valence-electron chi connectivity index (χ4n) is 0.534. The van der Waals surface area contributed by atoms with E-state index in [0.29, 0.717) is 6.42 Å². The molecule has 0 aliphatic rings. The largest absolute Gasteiger partial charge is 0.392 e. The van der Waals surface area contributed by atoms with Gasteiger partial charge in [0.25, 0.3) is 0 Å². The summed E-state index contributed by atoms with van der Waals surface area (Å²) >= 11 is 5.30. The molecule has 0 aromatic rings. The summed E-state index contributed by atoms with van der Waals surface area (Å²) in [7, 11) is 0. The van der Waals surface area contributed by atoms with Crippen molar-refractivity contribution in [1.29, 1.82) is 0 Å². The van der Waals surface area contributed by atoms with E-state index in [2.05, 4.69) is 0 Å². The van der Waals surface area contributed by atoms with Crippen LogP contribution in [0.2, 0.25) is 0 Å². The summed E-state index contributed by atoms with van der Waals surface area (Å²) in [5, 5.41) is 9.41. The molecule has 10 heavy (non-hydrogen) atoms. The highest BCUT2D eigenvalue weighted by atomic mass is 35.5. The average Bonchev–Trinajstić information content (AvgIpc) is 1.80. The molecule has 0 aliphatic carbocycles. The highest BCUT2D eigenvalue weighted by Gasteiger charge is 2.20. The van der Waals surface area contributed by atoms with Crippen LogP contribution in [0.25, 0.3) is 0 Å². The maximum atomic E-state index is 9.41. The molecule has 60 valence electrons. The van der Waals surface area contributed by atoms with Gasteiger partial charge in [-0.3, -0.25) is 0 Å². The number of halogens is 1. The van der Waals surface area contributed by atoms with E-state index in [1.165, 1.54) is 5.54 Å². The zero-order chi connectivity index (χ0) is 8.20. The Morgan fingerprint density at radius 2 is 2.00 bits per heavy atom. The van der Waals surface area contributed by atoms with Crippen LogP contribution >= 0.6 is 11.6 Å². The molecule has 0 rings (SSSR count). The summed E-state index contributed by atoms with van der Waals surface area (Å²) in [6, 6.07) is 0. The molecule has 0 fully saturated rings. The van der Waals surface area contributed by atoms with Gasteiger partial charge in [-0.05, 0) is 11.8 Å². The van der Waals surface area contributed by atoms with Crippen LogP contribution in [-0.4, -0.2) is 11.2 Å². The summed E-state index contributed by atoms with van der Waals surface area (Å²) in [4.78, 5) is 0. The molecule has 0 heterocycles. The quantitative estimate of drug-likeness (QED) is 0.662. The van der Waals surface area contributed by atoms with Gasteiger partial charge in [-0.2, -0.15) is 0 Å². The number of aliphatic hydroxyl groups excluding tert-OH is 1. The molecule has 0 aromatic carbocycles. The van der Waals surface area contributed by atoms with Gasteiger partial charge in [0.1, 0.15) is 0 Å². The minimum Gasteiger partial charge on any atom is -0.392 e. The molecule has 0 radical (unpaired) electrons. The smallest absolute Gasteiger partial charge is 0.0623 e. The van der Waals surface area contributed by atoms with Gasteiger partial charge in [0.05, 0.1) is 6.10 Å². The van der Waals surface area contributed by atoms with Crippen molar-refractivity contribution in [2.45, 2.75) is 33.3 Å². The molecule has 0 spiro atoms. The van der Waals surface area contributed by atoms with Crippen molar-refractivity contribution >= 4 is 11.6 Å². The van der Waals surface area contributed by atoms with E-state index in [9.17, 15) is 5.11 Å². The van der Waals surface area contributed by atoms with E-state index >= 15 is 0 Å². The first-order chi connectivity index (χ1) is 4.48. The lowest BCUT2D eigenvalue weighted by Crippen LogP contribution is -2.24. The van der Waals surface area contributed by atoms with Gasteiger partial charge >= 0.3 is 0 Å². The highest BCUT2D eigenvalue weighted by molar-refractivity contribution is 6.25. The monoisotopic (exact) mass is 162 g/mol. The predicted octanol–water partition coefficient (Wildman–Crippen LogP) is 2.54. The van der Waals surface area contributed by atoms with Gasteiger partial charge in [0.15, 0.2) is 0 Å². The van der Waals surface area contributed by atoms with E-state index in [-0.39, 0.29) is 11.5 Å². The number of hydrogen-bond donors (Lipinski definition) is 1. The SMILES string of the molecule is CC(C)(C)C(O)C/C=C\Cl. The van der Waals surface area contributed by atoms with Crippen LogP contribution < -0.4 is 0 Å². The molecule has 2 heteroatoms. The van der Waals surface area contributed by atoms with Crippen LogP contribution in [0.1, 0.15) is 27.2 Å². The zero-order valence-corrected chi connectivity index (χ0v) is 7.52. The van der Waals surface area contributed by atoms with E-state index in [1.54, 1.807) is 6.08 Å². The first-order valence-electron chi connectivity index (χ1n) is 3.41. The summed E-state index contributed by atoms with van der Waals surface area (Å²) in [5.74, 6) is 0. The van der Waals surface area contributed by atoms with Crippen molar-refractivity contribution < 1.29 is 5.11 Å². The Morgan fingerprint density at radius 1 is 1.50 bits per heavy atom. The van der Waals surface area contributed by atoms with Crippen molar-refractivity contribution in [3.63, 3.8) is 0 Å². The third-order valence-corrected chi connectivity index (χ3v) is 1.63. The lowest BCUT2D eigenvalue weighted by molar-refractivity contribution is 0.0660. The van der Waals surface area contributed by atoms with Crippen LogP contribution in [0.3, 0.4) is 0 Å². The maximum absolute atomic E-state index is 9.41. The maximum Gasteiger partial charge on any atom is 0.0623 e. The average molecular weight is 163 g/mol. The van der Waals surface area contributed by atoms with E-state index in [4.69, 9.17) is 11.6 Å². The molecule has 0 saturated heterocycles. The molecular formula is C8H15ClO. The van der Waals surface area contributed by atoms with Gasteiger partial charge < -0.3 is 5.11 Å². The standard InChI is InChI=1S/C8H15ClO/c1-8(2,3)7(10)5-4-6-9/h4,6-7,10H,5H2,1-3H3/b6-4-. The number of rotatable bonds is 2. The number of hydrogen-bond acceptors (Lipinski definition) is 1. The van der Waals surface area contributed by atoms with Crippen LogP contribution in [0, 0.1) is 5.41 Å². The molecule has 1 unspecified atom stereocenters. The third kappa shape index (κ3) is 3.91. The predicted molar refractivity (Wildman–Crippen MR) is 45.1 cm³/mol. The Morgan fingerprint density at radius 3 is 2.30 bits per heavy atom. The first kappa shape index (κ1) is 9.99. The van der Waals surface area contributed by atoms with Gasteiger partial charge in [-0.25, -0.2) is 0 Å². The van der Waals surface area contributed by atoms with Crippen molar-refractivity contribution in [3.05, 3.63) is 11.6 Å². The van der Waals surface area contributed by atoms with Crippen LogP contribution in [0.4, 0.5) is 0 Å². The molecule has 0 aromatic heterocycles. The minimum absolute atomic E-state index is 0.0452. The molecule has 1 atom stereocenters. The van der Waals surface area contributed by atoms with E-state index in [0.717, 1.165) is 0 Å². The summed E-state index contributed by atoms with van der Waals surface area (Å²) in [5.41, 5.74) is 1.39. The Balaban J connectivity index is 3.73. The minimum atomic E-state index is -0.303. The topological polar surface area (TPSA) is 20.2 Å². The molecule has 0 aliphatic heterocycles. The Hall–Kier alpha value is -0.0100. The Labute approximate surface area is 67.7 Å². The molecule has 0 bridgehead atoms. The highest BCUT2D eigenvalue weighted by Crippen LogP contribution is 2.21. The molecule has 1 N–H and O–H groups in total. The molecular weight excluding hydrogens is 148 g/mol. The van der Waals surface area contributed by atoms with Gasteiger partial charge in [-0.15, -0.1) is 0 Å². The van der Waals surface area contributed by atoms with Crippen LogP contribution in [0.15, 0.2) is 11.6 Å². The van der Waals surface area contributed by atoms with Crippen molar-refractivity contribution in [1.82, 2.24) is 0 Å². The van der Waals surface area contributed by atoms with Crippen LogP contribution in [-0.2, 0) is 0 Å². The lowest BCUT2D eigenvalue weighted by atomic mass is 9.87. The van der Waals surface area contributed by atoms with Gasteiger partial charge in [-0.1, -0.05) is 38.4 Å². The van der Waals surface area contributed by atoms with Crippen molar-refractivity contribution in [2.24, 2.45) is 5.41 Å².